The van der Waals surface area contributed by atoms with Crippen molar-refractivity contribution in [2.75, 3.05) is 6.61 Å². The van der Waals surface area contributed by atoms with Gasteiger partial charge in [0.2, 0.25) is 0 Å². The van der Waals surface area contributed by atoms with Crippen LogP contribution >= 0.6 is 15.9 Å². The first-order valence-electron chi connectivity index (χ1n) is 6.88. The minimum atomic E-state index is -0.865. The molecular formula is C17H18BrFO2. The maximum Gasteiger partial charge on any atom is 0.133 e. The molecule has 0 aliphatic rings. The summed E-state index contributed by atoms with van der Waals surface area (Å²) in [5, 5.41) is 10.4. The molecule has 2 nitrogen and oxygen atoms in total. The van der Waals surface area contributed by atoms with Crippen molar-refractivity contribution in [1.29, 1.82) is 0 Å². The zero-order valence-corrected chi connectivity index (χ0v) is 13.7. The first-order valence-corrected chi connectivity index (χ1v) is 7.68. The van der Waals surface area contributed by atoms with E-state index in [1.54, 1.807) is 25.1 Å². The molecule has 0 fully saturated rings. The van der Waals surface area contributed by atoms with Crippen molar-refractivity contribution in [2.45, 2.75) is 26.4 Å². The third kappa shape index (κ3) is 4.05. The Hall–Kier alpha value is -1.39. The first-order chi connectivity index (χ1) is 10.0. The van der Waals surface area contributed by atoms with Crippen molar-refractivity contribution in [3.8, 4) is 5.75 Å². The predicted octanol–water partition coefficient (Wildman–Crippen LogP) is 4.77. The molecule has 112 valence electrons. The van der Waals surface area contributed by atoms with Gasteiger partial charge in [0.25, 0.3) is 0 Å². The second-order valence-electron chi connectivity index (χ2n) is 5.00. The van der Waals surface area contributed by atoms with Gasteiger partial charge in [-0.2, -0.15) is 0 Å². The number of hydrogen-bond acceptors (Lipinski definition) is 2. The van der Waals surface area contributed by atoms with Gasteiger partial charge in [-0.05, 0) is 70.2 Å². The molecule has 0 bridgehead atoms. The number of aryl methyl sites for hydroxylation is 1. The van der Waals surface area contributed by atoms with Crippen LogP contribution in [0.5, 0.6) is 5.75 Å². The Kier molecular flexibility index (Phi) is 5.37. The molecule has 0 heterocycles. The van der Waals surface area contributed by atoms with E-state index in [1.165, 1.54) is 12.1 Å². The monoisotopic (exact) mass is 352 g/mol. The molecule has 0 spiro atoms. The number of aliphatic hydroxyl groups is 1. The highest BCUT2D eigenvalue weighted by atomic mass is 79.9. The first kappa shape index (κ1) is 16.0. The average Bonchev–Trinajstić information content (AvgIpc) is 2.44. The van der Waals surface area contributed by atoms with Gasteiger partial charge in [-0.25, -0.2) is 4.39 Å². The molecule has 0 aliphatic heterocycles. The van der Waals surface area contributed by atoms with E-state index in [-0.39, 0.29) is 5.82 Å². The van der Waals surface area contributed by atoms with Crippen molar-refractivity contribution in [3.63, 3.8) is 0 Å². The summed E-state index contributed by atoms with van der Waals surface area (Å²) < 4.78 is 19.8. The van der Waals surface area contributed by atoms with E-state index in [2.05, 4.69) is 15.9 Å². The van der Waals surface area contributed by atoms with Gasteiger partial charge in [-0.15, -0.1) is 0 Å². The van der Waals surface area contributed by atoms with Crippen LogP contribution in [0, 0.1) is 12.7 Å². The SMILES string of the molecule is CCCOc1ccc(C(O)c2cc(C)cc(F)c2)cc1Br. The quantitative estimate of drug-likeness (QED) is 0.839. The molecule has 1 atom stereocenters. The summed E-state index contributed by atoms with van der Waals surface area (Å²) in [7, 11) is 0. The number of rotatable bonds is 5. The van der Waals surface area contributed by atoms with Crippen LogP contribution < -0.4 is 4.74 Å². The number of benzene rings is 2. The maximum absolute atomic E-state index is 13.4. The highest BCUT2D eigenvalue weighted by Gasteiger charge is 2.14. The molecule has 2 rings (SSSR count). The normalized spacial score (nSPS) is 12.2. The topological polar surface area (TPSA) is 29.5 Å². The molecule has 0 saturated heterocycles. The van der Waals surface area contributed by atoms with E-state index in [1.807, 2.05) is 13.0 Å². The lowest BCUT2D eigenvalue weighted by Gasteiger charge is -2.14. The third-order valence-corrected chi connectivity index (χ3v) is 3.73. The molecule has 0 aromatic heterocycles. The van der Waals surface area contributed by atoms with E-state index < -0.39 is 6.10 Å². The Balaban J connectivity index is 2.26. The summed E-state index contributed by atoms with van der Waals surface area (Å²) >= 11 is 3.44. The Morgan fingerprint density at radius 1 is 1.19 bits per heavy atom. The zero-order valence-electron chi connectivity index (χ0n) is 12.1. The molecule has 21 heavy (non-hydrogen) atoms. The lowest BCUT2D eigenvalue weighted by molar-refractivity contribution is 0.219. The van der Waals surface area contributed by atoms with Gasteiger partial charge in [0.15, 0.2) is 0 Å². The van der Waals surface area contributed by atoms with Crippen molar-refractivity contribution in [2.24, 2.45) is 0 Å². The maximum atomic E-state index is 13.4. The summed E-state index contributed by atoms with van der Waals surface area (Å²) in [5.74, 6) is 0.397. The van der Waals surface area contributed by atoms with Crippen LogP contribution in [-0.4, -0.2) is 11.7 Å². The molecule has 0 amide bonds. The second-order valence-corrected chi connectivity index (χ2v) is 5.86. The number of hydrogen-bond donors (Lipinski definition) is 1. The van der Waals surface area contributed by atoms with Gasteiger partial charge in [0, 0.05) is 0 Å². The van der Waals surface area contributed by atoms with Gasteiger partial charge in [0.05, 0.1) is 11.1 Å². The summed E-state index contributed by atoms with van der Waals surface area (Å²) in [6, 6.07) is 9.98. The number of halogens is 2. The lowest BCUT2D eigenvalue weighted by atomic mass is 10.00. The summed E-state index contributed by atoms with van der Waals surface area (Å²) in [6.07, 6.45) is 0.0651. The van der Waals surface area contributed by atoms with E-state index in [9.17, 15) is 9.50 Å². The molecular weight excluding hydrogens is 335 g/mol. The molecule has 2 aromatic carbocycles. The molecule has 1 unspecified atom stereocenters. The van der Waals surface area contributed by atoms with Crippen LogP contribution in [0.1, 0.15) is 36.1 Å². The fraction of sp³-hybridized carbons (Fsp3) is 0.294. The van der Waals surface area contributed by atoms with Crippen LogP contribution in [-0.2, 0) is 0 Å². The largest absolute Gasteiger partial charge is 0.492 e. The molecule has 0 aliphatic carbocycles. The van der Waals surface area contributed by atoms with Crippen LogP contribution in [0.2, 0.25) is 0 Å². The molecule has 0 radical (unpaired) electrons. The van der Waals surface area contributed by atoms with Gasteiger partial charge in [-0.1, -0.05) is 19.1 Å². The summed E-state index contributed by atoms with van der Waals surface area (Å²) in [5.41, 5.74) is 2.02. The summed E-state index contributed by atoms with van der Waals surface area (Å²) in [4.78, 5) is 0. The van der Waals surface area contributed by atoms with E-state index in [0.29, 0.717) is 17.7 Å². The Labute approximate surface area is 132 Å². The number of ether oxygens (including phenoxy) is 1. The van der Waals surface area contributed by atoms with E-state index in [4.69, 9.17) is 4.74 Å². The van der Waals surface area contributed by atoms with Gasteiger partial charge in [0.1, 0.15) is 17.7 Å². The van der Waals surface area contributed by atoms with Crippen molar-refractivity contribution >= 4 is 15.9 Å². The second kappa shape index (κ2) is 7.05. The summed E-state index contributed by atoms with van der Waals surface area (Å²) in [6.45, 7) is 4.48. The number of aliphatic hydroxyl groups excluding tert-OH is 1. The Morgan fingerprint density at radius 2 is 1.95 bits per heavy atom. The minimum Gasteiger partial charge on any atom is -0.492 e. The van der Waals surface area contributed by atoms with Crippen molar-refractivity contribution < 1.29 is 14.2 Å². The zero-order chi connectivity index (χ0) is 15.4. The van der Waals surface area contributed by atoms with Crippen molar-refractivity contribution in [3.05, 3.63) is 63.4 Å². The van der Waals surface area contributed by atoms with Crippen LogP contribution in [0.3, 0.4) is 0 Å². The predicted molar refractivity (Wildman–Crippen MR) is 85.1 cm³/mol. The van der Waals surface area contributed by atoms with Crippen LogP contribution in [0.25, 0.3) is 0 Å². The molecule has 2 aromatic rings. The highest BCUT2D eigenvalue weighted by molar-refractivity contribution is 9.10. The van der Waals surface area contributed by atoms with Gasteiger partial charge >= 0.3 is 0 Å². The van der Waals surface area contributed by atoms with Crippen LogP contribution in [0.15, 0.2) is 40.9 Å². The van der Waals surface area contributed by atoms with Gasteiger partial charge in [-0.3, -0.25) is 0 Å². The smallest absolute Gasteiger partial charge is 0.133 e. The third-order valence-electron chi connectivity index (χ3n) is 3.11. The average molecular weight is 353 g/mol. The fourth-order valence-electron chi connectivity index (χ4n) is 2.13. The Morgan fingerprint density at radius 3 is 2.57 bits per heavy atom. The minimum absolute atomic E-state index is 0.342. The molecule has 1 N–H and O–H groups in total. The van der Waals surface area contributed by atoms with Crippen molar-refractivity contribution in [1.82, 2.24) is 0 Å². The molecule has 0 saturated carbocycles. The highest BCUT2D eigenvalue weighted by Crippen LogP contribution is 2.31. The molecule has 4 heteroatoms. The van der Waals surface area contributed by atoms with E-state index in [0.717, 1.165) is 22.2 Å². The van der Waals surface area contributed by atoms with Crippen LogP contribution in [0.4, 0.5) is 4.39 Å². The van der Waals surface area contributed by atoms with Gasteiger partial charge < -0.3 is 9.84 Å². The Bertz CT molecular complexity index is 608. The fourth-order valence-corrected chi connectivity index (χ4v) is 2.64. The lowest BCUT2D eigenvalue weighted by Crippen LogP contribution is -2.02. The standard InChI is InChI=1S/C17H18BrFO2/c1-3-6-21-16-5-4-12(10-15(16)18)17(20)13-7-11(2)8-14(19)9-13/h4-5,7-10,17,20H,3,6H2,1-2H3. The van der Waals surface area contributed by atoms with E-state index >= 15 is 0 Å².